The van der Waals surface area contributed by atoms with Gasteiger partial charge in [0, 0.05) is 30.3 Å². The molecule has 108 valence electrons. The molecule has 5 nitrogen and oxygen atoms in total. The third kappa shape index (κ3) is 3.04. The highest BCUT2D eigenvalue weighted by Gasteiger charge is 2.27. The van der Waals surface area contributed by atoms with Crippen LogP contribution in [0.5, 0.6) is 0 Å². The van der Waals surface area contributed by atoms with Crippen LogP contribution in [0.25, 0.3) is 0 Å². The van der Waals surface area contributed by atoms with Crippen molar-refractivity contribution in [1.29, 1.82) is 0 Å². The number of hydrogen-bond acceptors (Lipinski definition) is 2. The Hall–Kier alpha value is -1.75. The number of rotatable bonds is 4. The largest absolute Gasteiger partial charge is 0.336 e. The fourth-order valence-electron chi connectivity index (χ4n) is 1.83. The van der Waals surface area contributed by atoms with Crippen LogP contribution >= 0.6 is 11.6 Å². The van der Waals surface area contributed by atoms with Gasteiger partial charge in [-0.15, -0.1) is 11.6 Å². The van der Waals surface area contributed by atoms with E-state index in [2.05, 4.69) is 10.6 Å². The Morgan fingerprint density at radius 2 is 2.25 bits per heavy atom. The number of carbonyl (C=O) groups is 2. The lowest BCUT2D eigenvalue weighted by molar-refractivity contribution is -0.122. The van der Waals surface area contributed by atoms with Crippen molar-refractivity contribution in [2.75, 3.05) is 29.2 Å². The van der Waals surface area contributed by atoms with Crippen LogP contribution < -0.4 is 15.5 Å². The number of nitrogens with one attached hydrogen (secondary N) is 2. The highest BCUT2D eigenvalue weighted by Crippen LogP contribution is 2.24. The zero-order valence-electron chi connectivity index (χ0n) is 11.6. The lowest BCUT2D eigenvalue weighted by atomic mass is 9.95. The third-order valence-electron chi connectivity index (χ3n) is 3.22. The van der Waals surface area contributed by atoms with Crippen molar-refractivity contribution >= 4 is 34.9 Å². The first kappa shape index (κ1) is 14.7. The molecule has 1 heterocycles. The zero-order valence-corrected chi connectivity index (χ0v) is 12.3. The minimum Gasteiger partial charge on any atom is -0.336 e. The first-order valence-corrected chi connectivity index (χ1v) is 7.00. The van der Waals surface area contributed by atoms with Gasteiger partial charge in [0.15, 0.2) is 0 Å². The SMILES string of the molecule is CC(C)(CCl)C(=O)Nc1cccc(N2CCNC2=O)c1. The van der Waals surface area contributed by atoms with Gasteiger partial charge in [0.1, 0.15) is 0 Å². The van der Waals surface area contributed by atoms with Crippen LogP contribution in [0.15, 0.2) is 24.3 Å². The highest BCUT2D eigenvalue weighted by atomic mass is 35.5. The average Bonchev–Trinajstić information content (AvgIpc) is 2.85. The maximum atomic E-state index is 12.1. The van der Waals surface area contributed by atoms with Gasteiger partial charge in [-0.05, 0) is 32.0 Å². The van der Waals surface area contributed by atoms with Gasteiger partial charge in [-0.1, -0.05) is 6.07 Å². The minimum absolute atomic E-state index is 0.116. The van der Waals surface area contributed by atoms with Crippen molar-refractivity contribution in [3.8, 4) is 0 Å². The van der Waals surface area contributed by atoms with Crippen molar-refractivity contribution in [3.63, 3.8) is 0 Å². The number of nitrogens with zero attached hydrogens (tertiary/aromatic N) is 1. The van der Waals surface area contributed by atoms with E-state index < -0.39 is 5.41 Å². The lowest BCUT2D eigenvalue weighted by Gasteiger charge is -2.21. The van der Waals surface area contributed by atoms with Crippen LogP contribution in [0, 0.1) is 5.41 Å². The number of benzene rings is 1. The van der Waals surface area contributed by atoms with Crippen LogP contribution in [0.4, 0.5) is 16.2 Å². The normalized spacial score (nSPS) is 15.2. The molecule has 0 aromatic heterocycles. The Morgan fingerprint density at radius 1 is 1.50 bits per heavy atom. The molecule has 0 spiro atoms. The molecule has 1 aromatic rings. The summed E-state index contributed by atoms with van der Waals surface area (Å²) in [6, 6.07) is 7.11. The predicted octanol–water partition coefficient (Wildman–Crippen LogP) is 2.42. The monoisotopic (exact) mass is 295 g/mol. The number of urea groups is 1. The summed E-state index contributed by atoms with van der Waals surface area (Å²) in [4.78, 5) is 25.3. The molecule has 0 aliphatic carbocycles. The molecule has 1 aromatic carbocycles. The number of alkyl halides is 1. The van der Waals surface area contributed by atoms with E-state index in [0.717, 1.165) is 5.69 Å². The summed E-state index contributed by atoms with van der Waals surface area (Å²) in [6.07, 6.45) is 0. The molecule has 6 heteroatoms. The molecular formula is C14H18ClN3O2. The summed E-state index contributed by atoms with van der Waals surface area (Å²) in [7, 11) is 0. The molecule has 2 rings (SSSR count). The van der Waals surface area contributed by atoms with Gasteiger partial charge >= 0.3 is 6.03 Å². The number of anilines is 2. The van der Waals surface area contributed by atoms with Gasteiger partial charge in [0.2, 0.25) is 5.91 Å². The second-order valence-electron chi connectivity index (χ2n) is 5.41. The van der Waals surface area contributed by atoms with Crippen molar-refractivity contribution in [2.45, 2.75) is 13.8 Å². The Balaban J connectivity index is 2.14. The summed E-state index contributed by atoms with van der Waals surface area (Å²) in [5.41, 5.74) is 0.787. The first-order chi connectivity index (χ1) is 9.44. The van der Waals surface area contributed by atoms with Gasteiger partial charge in [-0.3, -0.25) is 9.69 Å². The molecule has 1 fully saturated rings. The molecule has 0 radical (unpaired) electrons. The second kappa shape index (κ2) is 5.71. The first-order valence-electron chi connectivity index (χ1n) is 6.47. The molecular weight excluding hydrogens is 278 g/mol. The van der Waals surface area contributed by atoms with E-state index >= 15 is 0 Å². The lowest BCUT2D eigenvalue weighted by Crippen LogP contribution is -2.32. The van der Waals surface area contributed by atoms with Crippen molar-refractivity contribution < 1.29 is 9.59 Å². The smallest absolute Gasteiger partial charge is 0.321 e. The van der Waals surface area contributed by atoms with E-state index in [1.165, 1.54) is 0 Å². The van der Waals surface area contributed by atoms with E-state index in [-0.39, 0.29) is 17.8 Å². The Labute approximate surface area is 123 Å². The van der Waals surface area contributed by atoms with Gasteiger partial charge in [-0.25, -0.2) is 4.79 Å². The molecule has 0 bridgehead atoms. The van der Waals surface area contributed by atoms with Crippen LogP contribution in [-0.2, 0) is 4.79 Å². The minimum atomic E-state index is -0.636. The van der Waals surface area contributed by atoms with E-state index in [1.807, 2.05) is 12.1 Å². The number of carbonyl (C=O) groups excluding carboxylic acids is 2. The van der Waals surface area contributed by atoms with Crippen LogP contribution in [0.1, 0.15) is 13.8 Å². The average molecular weight is 296 g/mol. The summed E-state index contributed by atoms with van der Waals surface area (Å²) >= 11 is 5.79. The fraction of sp³-hybridized carbons (Fsp3) is 0.429. The Morgan fingerprint density at radius 3 is 2.85 bits per heavy atom. The van der Waals surface area contributed by atoms with Crippen molar-refractivity contribution in [3.05, 3.63) is 24.3 Å². The van der Waals surface area contributed by atoms with Gasteiger partial charge in [0.05, 0.1) is 5.41 Å². The molecule has 3 amide bonds. The topological polar surface area (TPSA) is 61.4 Å². The molecule has 0 saturated carbocycles. The molecule has 1 saturated heterocycles. The summed E-state index contributed by atoms with van der Waals surface area (Å²) < 4.78 is 0. The van der Waals surface area contributed by atoms with Crippen LogP contribution in [0.2, 0.25) is 0 Å². The van der Waals surface area contributed by atoms with E-state index in [0.29, 0.717) is 18.8 Å². The highest BCUT2D eigenvalue weighted by molar-refractivity contribution is 6.20. The molecule has 0 unspecified atom stereocenters. The molecule has 0 atom stereocenters. The van der Waals surface area contributed by atoms with E-state index in [4.69, 9.17) is 11.6 Å². The predicted molar refractivity (Wildman–Crippen MR) is 80.3 cm³/mol. The van der Waals surface area contributed by atoms with E-state index in [9.17, 15) is 9.59 Å². The second-order valence-corrected chi connectivity index (χ2v) is 5.67. The van der Waals surface area contributed by atoms with Gasteiger partial charge in [-0.2, -0.15) is 0 Å². The zero-order chi connectivity index (χ0) is 14.8. The summed E-state index contributed by atoms with van der Waals surface area (Å²) in [6.45, 7) is 4.83. The summed E-state index contributed by atoms with van der Waals surface area (Å²) in [5, 5.41) is 5.57. The number of hydrogen-bond donors (Lipinski definition) is 2. The quantitative estimate of drug-likeness (QED) is 0.838. The Kier molecular flexibility index (Phi) is 4.18. The number of amides is 3. The standard InChI is InChI=1S/C14H18ClN3O2/c1-14(2,9-15)12(19)17-10-4-3-5-11(8-10)18-7-6-16-13(18)20/h3-5,8H,6-7,9H2,1-2H3,(H,16,20)(H,17,19). The van der Waals surface area contributed by atoms with Crippen molar-refractivity contribution in [1.82, 2.24) is 5.32 Å². The number of halogens is 1. The summed E-state index contributed by atoms with van der Waals surface area (Å²) in [5.74, 6) is 0.100. The fourth-order valence-corrected chi connectivity index (χ4v) is 1.95. The van der Waals surface area contributed by atoms with E-state index in [1.54, 1.807) is 30.9 Å². The third-order valence-corrected chi connectivity index (χ3v) is 3.89. The molecule has 1 aliphatic rings. The molecule has 1 aliphatic heterocycles. The Bertz CT molecular complexity index is 531. The maximum Gasteiger partial charge on any atom is 0.321 e. The van der Waals surface area contributed by atoms with Gasteiger partial charge in [0.25, 0.3) is 0 Å². The molecule has 20 heavy (non-hydrogen) atoms. The maximum absolute atomic E-state index is 12.1. The van der Waals surface area contributed by atoms with Crippen molar-refractivity contribution in [2.24, 2.45) is 5.41 Å². The molecule has 2 N–H and O–H groups in total. The van der Waals surface area contributed by atoms with Crippen LogP contribution in [0.3, 0.4) is 0 Å². The van der Waals surface area contributed by atoms with Gasteiger partial charge < -0.3 is 10.6 Å². The van der Waals surface area contributed by atoms with Crippen LogP contribution in [-0.4, -0.2) is 30.9 Å².